The van der Waals surface area contributed by atoms with Gasteiger partial charge < -0.3 is 10.2 Å². The second kappa shape index (κ2) is 8.57. The summed E-state index contributed by atoms with van der Waals surface area (Å²) in [5.41, 5.74) is 1.60. The van der Waals surface area contributed by atoms with Crippen LogP contribution >= 0.6 is 0 Å². The molecule has 0 aliphatic carbocycles. The summed E-state index contributed by atoms with van der Waals surface area (Å²) in [5, 5.41) is 15.1. The van der Waals surface area contributed by atoms with Crippen LogP contribution in [0.3, 0.4) is 0 Å². The predicted octanol–water partition coefficient (Wildman–Crippen LogP) is 0.643. The zero-order valence-corrected chi connectivity index (χ0v) is 12.4. The molecule has 0 aromatic carbocycles. The molecule has 0 saturated carbocycles. The molecule has 0 saturated heterocycles. The zero-order chi connectivity index (χ0) is 16.5. The van der Waals surface area contributed by atoms with E-state index in [9.17, 15) is 4.21 Å². The molecule has 1 unspecified atom stereocenters. The number of hydrogen-bond acceptors (Lipinski definition) is 6. The summed E-state index contributed by atoms with van der Waals surface area (Å²) in [6, 6.07) is 7.32. The van der Waals surface area contributed by atoms with Crippen molar-refractivity contribution in [1.82, 2.24) is 15.0 Å². The van der Waals surface area contributed by atoms with E-state index < -0.39 is 22.7 Å². The summed E-state index contributed by atoms with van der Waals surface area (Å²) in [5.74, 6) is -3.30. The molecule has 0 amide bonds. The highest BCUT2D eigenvalue weighted by atomic mass is 32.2. The van der Waals surface area contributed by atoms with E-state index >= 15 is 0 Å². The Labute approximate surface area is 128 Å². The number of nitrogens with zero attached hydrogens (tertiary/aromatic N) is 3. The largest absolute Gasteiger partial charge is 0.473 e. The normalized spacial score (nSPS) is 11.0. The third kappa shape index (κ3) is 6.18. The lowest BCUT2D eigenvalue weighted by Crippen LogP contribution is -2.09. The maximum atomic E-state index is 11.9. The SMILES string of the molecule is Cc1ccnc(S(=O)Cc2ccccn2)n1.O=C(O)C(=O)O. The fraction of sp³-hybridized carbons (Fsp3) is 0.154. The first-order valence-electron chi connectivity index (χ1n) is 5.94. The van der Waals surface area contributed by atoms with Crippen LogP contribution in [0, 0.1) is 6.92 Å². The van der Waals surface area contributed by atoms with Crippen molar-refractivity contribution in [2.75, 3.05) is 0 Å². The Balaban J connectivity index is 0.000000346. The minimum atomic E-state index is -1.82. The van der Waals surface area contributed by atoms with Crippen molar-refractivity contribution >= 4 is 22.7 Å². The maximum Gasteiger partial charge on any atom is 0.414 e. The lowest BCUT2D eigenvalue weighted by molar-refractivity contribution is -0.159. The molecule has 0 spiro atoms. The molecule has 0 aliphatic rings. The van der Waals surface area contributed by atoms with E-state index in [0.717, 1.165) is 11.4 Å². The molecule has 1 atom stereocenters. The van der Waals surface area contributed by atoms with E-state index in [0.29, 0.717) is 10.9 Å². The van der Waals surface area contributed by atoms with Crippen LogP contribution in [0.25, 0.3) is 0 Å². The molecular weight excluding hydrogens is 310 g/mol. The number of aryl methyl sites for hydroxylation is 1. The number of carboxylic acids is 2. The van der Waals surface area contributed by atoms with Gasteiger partial charge in [-0.15, -0.1) is 0 Å². The monoisotopic (exact) mass is 323 g/mol. The molecule has 2 heterocycles. The van der Waals surface area contributed by atoms with E-state index in [1.165, 1.54) is 0 Å². The third-order valence-corrected chi connectivity index (χ3v) is 3.33. The van der Waals surface area contributed by atoms with Crippen LogP contribution in [0.5, 0.6) is 0 Å². The van der Waals surface area contributed by atoms with Gasteiger partial charge in [-0.2, -0.15) is 0 Å². The van der Waals surface area contributed by atoms with Crippen molar-refractivity contribution in [1.29, 1.82) is 0 Å². The molecule has 2 aromatic heterocycles. The van der Waals surface area contributed by atoms with Gasteiger partial charge in [-0.05, 0) is 25.1 Å². The number of aromatic nitrogens is 3. The molecule has 0 fully saturated rings. The number of carbonyl (C=O) groups is 2. The molecular formula is C13H13N3O5S. The molecule has 2 N–H and O–H groups in total. The Morgan fingerprint density at radius 1 is 1.09 bits per heavy atom. The van der Waals surface area contributed by atoms with Crippen molar-refractivity contribution in [3.63, 3.8) is 0 Å². The Hall–Kier alpha value is -2.68. The van der Waals surface area contributed by atoms with Crippen LogP contribution in [-0.4, -0.2) is 41.3 Å². The summed E-state index contributed by atoms with van der Waals surface area (Å²) in [7, 11) is -1.23. The van der Waals surface area contributed by atoms with E-state index in [2.05, 4.69) is 15.0 Å². The molecule has 22 heavy (non-hydrogen) atoms. The van der Waals surface area contributed by atoms with Gasteiger partial charge in [0.1, 0.15) is 0 Å². The van der Waals surface area contributed by atoms with Gasteiger partial charge in [-0.1, -0.05) is 6.07 Å². The molecule has 2 rings (SSSR count). The van der Waals surface area contributed by atoms with E-state index in [1.54, 1.807) is 18.5 Å². The van der Waals surface area contributed by atoms with Gasteiger partial charge >= 0.3 is 11.9 Å². The average Bonchev–Trinajstić information content (AvgIpc) is 2.48. The van der Waals surface area contributed by atoms with Crippen LogP contribution in [0.1, 0.15) is 11.4 Å². The quantitative estimate of drug-likeness (QED) is 0.621. The number of hydrogen-bond donors (Lipinski definition) is 2. The minimum Gasteiger partial charge on any atom is -0.473 e. The molecule has 8 nitrogen and oxygen atoms in total. The standard InChI is InChI=1S/C11H11N3OS.C2H2O4/c1-9-5-7-13-11(14-9)16(15)8-10-4-2-3-6-12-10;3-1(4)2(5)6/h2-7H,8H2,1H3;(H,3,4)(H,5,6). The Morgan fingerprint density at radius 2 is 1.77 bits per heavy atom. The Morgan fingerprint density at radius 3 is 2.27 bits per heavy atom. The first-order valence-corrected chi connectivity index (χ1v) is 7.26. The summed E-state index contributed by atoms with van der Waals surface area (Å²) in [6.07, 6.45) is 3.30. The number of aliphatic carboxylic acids is 2. The summed E-state index contributed by atoms with van der Waals surface area (Å²) < 4.78 is 11.9. The number of carboxylic acid groups (broad SMARTS) is 2. The van der Waals surface area contributed by atoms with Gasteiger partial charge in [0.2, 0.25) is 5.16 Å². The number of rotatable bonds is 3. The van der Waals surface area contributed by atoms with Gasteiger partial charge in [0, 0.05) is 18.1 Å². The molecule has 0 aliphatic heterocycles. The highest BCUT2D eigenvalue weighted by molar-refractivity contribution is 7.84. The van der Waals surface area contributed by atoms with Gasteiger partial charge in [0.15, 0.2) is 0 Å². The van der Waals surface area contributed by atoms with Gasteiger partial charge in [0.25, 0.3) is 0 Å². The lowest BCUT2D eigenvalue weighted by atomic mass is 10.4. The van der Waals surface area contributed by atoms with Crippen molar-refractivity contribution < 1.29 is 24.0 Å². The minimum absolute atomic E-state index is 0.351. The first-order chi connectivity index (χ1) is 10.4. The Bertz CT molecular complexity index is 666. The summed E-state index contributed by atoms with van der Waals surface area (Å²) in [6.45, 7) is 1.85. The molecule has 116 valence electrons. The van der Waals surface area contributed by atoms with Crippen LogP contribution < -0.4 is 0 Å². The highest BCUT2D eigenvalue weighted by Crippen LogP contribution is 2.06. The molecule has 0 radical (unpaired) electrons. The van der Waals surface area contributed by atoms with Crippen molar-refractivity contribution in [3.05, 3.63) is 48.0 Å². The van der Waals surface area contributed by atoms with E-state index in [-0.39, 0.29) is 0 Å². The highest BCUT2D eigenvalue weighted by Gasteiger charge is 2.08. The van der Waals surface area contributed by atoms with Gasteiger partial charge in [-0.25, -0.2) is 19.6 Å². The maximum absolute atomic E-state index is 11.9. The Kier molecular flexibility index (Phi) is 6.77. The van der Waals surface area contributed by atoms with E-state index in [1.807, 2.05) is 25.1 Å². The predicted molar refractivity (Wildman–Crippen MR) is 76.4 cm³/mol. The van der Waals surface area contributed by atoms with Crippen LogP contribution in [0.2, 0.25) is 0 Å². The summed E-state index contributed by atoms with van der Waals surface area (Å²) in [4.78, 5) is 30.4. The summed E-state index contributed by atoms with van der Waals surface area (Å²) >= 11 is 0. The van der Waals surface area contributed by atoms with Crippen molar-refractivity contribution in [3.8, 4) is 0 Å². The lowest BCUT2D eigenvalue weighted by Gasteiger charge is -2.00. The fourth-order valence-corrected chi connectivity index (χ4v) is 2.21. The smallest absolute Gasteiger partial charge is 0.414 e. The molecule has 0 bridgehead atoms. The molecule has 2 aromatic rings. The topological polar surface area (TPSA) is 130 Å². The van der Waals surface area contributed by atoms with Crippen molar-refractivity contribution in [2.24, 2.45) is 0 Å². The van der Waals surface area contributed by atoms with Crippen LogP contribution in [-0.2, 0) is 26.1 Å². The van der Waals surface area contributed by atoms with Crippen LogP contribution in [0.4, 0.5) is 0 Å². The molecule has 9 heteroatoms. The van der Waals surface area contributed by atoms with E-state index in [4.69, 9.17) is 19.8 Å². The fourth-order valence-electron chi connectivity index (χ4n) is 1.22. The van der Waals surface area contributed by atoms with Crippen molar-refractivity contribution in [2.45, 2.75) is 17.8 Å². The average molecular weight is 323 g/mol. The number of pyridine rings is 1. The first kappa shape index (κ1) is 17.4. The second-order valence-corrected chi connectivity index (χ2v) is 5.25. The second-order valence-electron chi connectivity index (χ2n) is 3.90. The van der Waals surface area contributed by atoms with Crippen LogP contribution in [0.15, 0.2) is 41.8 Å². The third-order valence-electron chi connectivity index (χ3n) is 2.16. The zero-order valence-electron chi connectivity index (χ0n) is 11.5. The van der Waals surface area contributed by atoms with Gasteiger partial charge in [-0.3, -0.25) is 9.19 Å². The van der Waals surface area contributed by atoms with Gasteiger partial charge in [0.05, 0.1) is 22.2 Å².